The summed E-state index contributed by atoms with van der Waals surface area (Å²) in [7, 11) is 0. The molecule has 0 amide bonds. The van der Waals surface area contributed by atoms with Gasteiger partial charge in [-0.3, -0.25) is 0 Å². The number of nitrogens with zero attached hydrogens (tertiary/aromatic N) is 2. The van der Waals surface area contributed by atoms with E-state index in [1.165, 1.54) is 12.1 Å². The van der Waals surface area contributed by atoms with Crippen LogP contribution in [0.4, 0.5) is 13.2 Å². The summed E-state index contributed by atoms with van der Waals surface area (Å²) in [5.41, 5.74) is 2.63. The molecule has 2 aliphatic rings. The summed E-state index contributed by atoms with van der Waals surface area (Å²) in [4.78, 5) is 4.35. The number of alkyl halides is 3. The number of aliphatic hydroxyl groups is 1. The van der Waals surface area contributed by atoms with Gasteiger partial charge in [0, 0.05) is 0 Å². The Labute approximate surface area is 149 Å². The lowest BCUT2D eigenvalue weighted by Crippen LogP contribution is -2.72. The zero-order chi connectivity index (χ0) is 18.8. The van der Waals surface area contributed by atoms with Crippen LogP contribution < -0.4 is 5.43 Å². The molecule has 1 aromatic carbocycles. The molecule has 0 bridgehead atoms. The SMILES string of the molecule is CC1([N+]2(CCO)C=NC(=Cc3ccc(C(F)(F)F)cc3)N2)COCOC1. The third-order valence-corrected chi connectivity index (χ3v) is 4.66. The molecule has 0 radical (unpaired) electrons. The Bertz CT molecular complexity index is 697. The van der Waals surface area contributed by atoms with Gasteiger partial charge in [-0.1, -0.05) is 12.1 Å². The van der Waals surface area contributed by atoms with E-state index in [2.05, 4.69) is 10.4 Å². The fraction of sp³-hybridized carbons (Fsp3) is 0.471. The van der Waals surface area contributed by atoms with Crippen molar-refractivity contribution in [3.05, 3.63) is 41.2 Å². The van der Waals surface area contributed by atoms with Crippen molar-refractivity contribution in [3.8, 4) is 0 Å². The Balaban J connectivity index is 1.81. The molecule has 3 rings (SSSR count). The molecule has 1 fully saturated rings. The highest BCUT2D eigenvalue weighted by Gasteiger charge is 2.52. The lowest BCUT2D eigenvalue weighted by atomic mass is 10.0. The average molecular weight is 372 g/mol. The van der Waals surface area contributed by atoms with Gasteiger partial charge in [-0.05, 0) is 30.7 Å². The summed E-state index contributed by atoms with van der Waals surface area (Å²) in [6.07, 6.45) is -1.04. The molecule has 9 heteroatoms. The number of rotatable bonds is 4. The van der Waals surface area contributed by atoms with Crippen LogP contribution in [-0.4, -0.2) is 54.7 Å². The Morgan fingerprint density at radius 1 is 1.27 bits per heavy atom. The summed E-state index contributed by atoms with van der Waals surface area (Å²) in [6, 6.07) is 4.84. The molecule has 1 unspecified atom stereocenters. The standard InChI is InChI=1S/C17H21F3N3O3/c1-16(9-25-12-26-10-16)23(6-7-24)11-21-15(22-23)8-13-2-4-14(5-3-13)17(18,19)20/h2-5,8,11,22,24H,6-7,9-10,12H2,1H3/q+1. The summed E-state index contributed by atoms with van der Waals surface area (Å²) in [5.74, 6) is 0.491. The van der Waals surface area contributed by atoms with Crippen LogP contribution >= 0.6 is 0 Å². The maximum Gasteiger partial charge on any atom is 0.416 e. The van der Waals surface area contributed by atoms with Gasteiger partial charge in [0.15, 0.2) is 11.4 Å². The minimum atomic E-state index is -4.36. The number of hydrogen-bond acceptors (Lipinski definition) is 5. The Morgan fingerprint density at radius 2 is 1.92 bits per heavy atom. The normalized spacial score (nSPS) is 26.9. The molecule has 2 heterocycles. The highest BCUT2D eigenvalue weighted by Crippen LogP contribution is 2.31. The molecule has 2 aliphatic heterocycles. The first kappa shape index (κ1) is 18.8. The van der Waals surface area contributed by atoms with E-state index < -0.39 is 17.3 Å². The first-order valence-corrected chi connectivity index (χ1v) is 8.15. The minimum absolute atomic E-state index is 0.0812. The highest BCUT2D eigenvalue weighted by molar-refractivity contribution is 5.60. The van der Waals surface area contributed by atoms with E-state index in [1.807, 2.05) is 6.92 Å². The van der Waals surface area contributed by atoms with Crippen LogP contribution in [0.2, 0.25) is 0 Å². The van der Waals surface area contributed by atoms with Gasteiger partial charge in [-0.15, -0.1) is 0 Å². The minimum Gasteiger partial charge on any atom is -0.390 e. The maximum absolute atomic E-state index is 12.7. The number of aliphatic hydroxyl groups excluding tert-OH is 1. The molecule has 0 spiro atoms. The number of nitrogens with one attached hydrogen (secondary N) is 1. The number of aliphatic imine (C=N–C) groups is 1. The van der Waals surface area contributed by atoms with Crippen LogP contribution in [0.5, 0.6) is 0 Å². The van der Waals surface area contributed by atoms with Gasteiger partial charge in [0.2, 0.25) is 6.34 Å². The third-order valence-electron chi connectivity index (χ3n) is 4.66. The van der Waals surface area contributed by atoms with Crippen molar-refractivity contribution in [2.75, 3.05) is 33.2 Å². The molecule has 0 saturated carbocycles. The van der Waals surface area contributed by atoms with Crippen molar-refractivity contribution in [2.45, 2.75) is 18.6 Å². The first-order valence-electron chi connectivity index (χ1n) is 8.15. The molecule has 1 saturated heterocycles. The fourth-order valence-electron chi connectivity index (χ4n) is 3.09. The van der Waals surface area contributed by atoms with E-state index in [-0.39, 0.29) is 18.0 Å². The predicted octanol–water partition coefficient (Wildman–Crippen LogP) is 2.12. The summed E-state index contributed by atoms with van der Waals surface area (Å²) in [6.45, 7) is 3.28. The van der Waals surface area contributed by atoms with Crippen molar-refractivity contribution < 1.29 is 32.3 Å². The van der Waals surface area contributed by atoms with E-state index in [4.69, 9.17) is 9.47 Å². The van der Waals surface area contributed by atoms with Crippen molar-refractivity contribution in [3.63, 3.8) is 0 Å². The average Bonchev–Trinajstić information content (AvgIpc) is 3.00. The highest BCUT2D eigenvalue weighted by atomic mass is 19.4. The van der Waals surface area contributed by atoms with Crippen molar-refractivity contribution in [1.29, 1.82) is 0 Å². The zero-order valence-electron chi connectivity index (χ0n) is 14.3. The molecule has 26 heavy (non-hydrogen) atoms. The second kappa shape index (κ2) is 6.99. The first-order chi connectivity index (χ1) is 12.3. The molecule has 6 nitrogen and oxygen atoms in total. The van der Waals surface area contributed by atoms with Gasteiger partial charge in [-0.25, -0.2) is 5.43 Å². The number of ether oxygens (including phenoxy) is 2. The molecule has 142 valence electrons. The van der Waals surface area contributed by atoms with Gasteiger partial charge < -0.3 is 14.6 Å². The van der Waals surface area contributed by atoms with Crippen LogP contribution in [0.25, 0.3) is 6.08 Å². The van der Waals surface area contributed by atoms with Crippen LogP contribution in [0.15, 0.2) is 35.1 Å². The van der Waals surface area contributed by atoms with E-state index in [9.17, 15) is 18.3 Å². The van der Waals surface area contributed by atoms with Gasteiger partial charge in [0.1, 0.15) is 26.6 Å². The number of hydrogen-bond donors (Lipinski definition) is 2. The van der Waals surface area contributed by atoms with Gasteiger partial charge in [0.25, 0.3) is 0 Å². The van der Waals surface area contributed by atoms with Crippen molar-refractivity contribution in [1.82, 2.24) is 5.43 Å². The Hall–Kier alpha value is -1.94. The molecule has 0 aromatic heterocycles. The van der Waals surface area contributed by atoms with E-state index >= 15 is 0 Å². The van der Waals surface area contributed by atoms with Crippen LogP contribution in [0, 0.1) is 0 Å². The molecule has 1 aromatic rings. The van der Waals surface area contributed by atoms with Crippen molar-refractivity contribution in [2.24, 2.45) is 4.99 Å². The number of benzene rings is 1. The zero-order valence-corrected chi connectivity index (χ0v) is 14.3. The lowest BCUT2D eigenvalue weighted by molar-refractivity contribution is -0.925. The van der Waals surface area contributed by atoms with Crippen LogP contribution in [0.3, 0.4) is 0 Å². The van der Waals surface area contributed by atoms with Crippen molar-refractivity contribution >= 4 is 12.4 Å². The maximum atomic E-state index is 12.7. The van der Waals surface area contributed by atoms with Crippen LogP contribution in [0.1, 0.15) is 18.1 Å². The quantitative estimate of drug-likeness (QED) is 0.795. The van der Waals surface area contributed by atoms with E-state index in [1.54, 1.807) is 12.4 Å². The smallest absolute Gasteiger partial charge is 0.390 e. The largest absolute Gasteiger partial charge is 0.416 e. The van der Waals surface area contributed by atoms with E-state index in [0.29, 0.717) is 31.1 Å². The summed E-state index contributed by atoms with van der Waals surface area (Å²) in [5, 5.41) is 9.49. The number of quaternary nitrogens is 1. The lowest BCUT2D eigenvalue weighted by Gasteiger charge is -2.46. The molecule has 2 N–H and O–H groups in total. The molecule has 0 aliphatic carbocycles. The summed E-state index contributed by atoms with van der Waals surface area (Å²) >= 11 is 0. The van der Waals surface area contributed by atoms with Gasteiger partial charge >= 0.3 is 6.18 Å². The Kier molecular flexibility index (Phi) is 5.07. The Morgan fingerprint density at radius 3 is 2.50 bits per heavy atom. The second-order valence-electron chi connectivity index (χ2n) is 6.63. The predicted molar refractivity (Wildman–Crippen MR) is 88.4 cm³/mol. The van der Waals surface area contributed by atoms with Crippen LogP contribution in [-0.2, 0) is 15.7 Å². The summed E-state index contributed by atoms with van der Waals surface area (Å²) < 4.78 is 48.9. The topological polar surface area (TPSA) is 63.1 Å². The molecular weight excluding hydrogens is 351 g/mol. The number of halogens is 3. The van der Waals surface area contributed by atoms with Gasteiger partial charge in [-0.2, -0.15) is 22.8 Å². The molecular formula is C17H21F3N3O3+. The third kappa shape index (κ3) is 3.61. The monoisotopic (exact) mass is 372 g/mol. The fourth-order valence-corrected chi connectivity index (χ4v) is 3.09. The van der Waals surface area contributed by atoms with E-state index in [0.717, 1.165) is 12.1 Å². The second-order valence-corrected chi connectivity index (χ2v) is 6.63. The van der Waals surface area contributed by atoms with Gasteiger partial charge in [0.05, 0.1) is 12.2 Å². The molecule has 1 atom stereocenters.